The maximum absolute atomic E-state index is 12.7. The first-order chi connectivity index (χ1) is 9.22. The summed E-state index contributed by atoms with van der Waals surface area (Å²) in [4.78, 5) is 14.5. The molecule has 0 saturated heterocycles. The number of hydrogen-bond donors (Lipinski definition) is 1. The van der Waals surface area contributed by atoms with Crippen LogP contribution < -0.4 is 5.73 Å². The molecule has 20 heavy (non-hydrogen) atoms. The third kappa shape index (κ3) is 4.57. The van der Waals surface area contributed by atoms with E-state index in [2.05, 4.69) is 27.7 Å². The van der Waals surface area contributed by atoms with Crippen molar-refractivity contribution in [2.45, 2.75) is 27.7 Å². The summed E-state index contributed by atoms with van der Waals surface area (Å²) >= 11 is 12.1. The molecule has 0 spiro atoms. The van der Waals surface area contributed by atoms with Crippen LogP contribution in [0.15, 0.2) is 12.1 Å². The van der Waals surface area contributed by atoms with Crippen LogP contribution in [0.1, 0.15) is 38.1 Å². The minimum Gasteiger partial charge on any atom is -0.399 e. The molecule has 112 valence electrons. The van der Waals surface area contributed by atoms with E-state index >= 15 is 0 Å². The minimum atomic E-state index is -0.119. The molecular weight excluding hydrogens is 295 g/mol. The van der Waals surface area contributed by atoms with Gasteiger partial charge in [0.2, 0.25) is 0 Å². The first-order valence-electron chi connectivity index (χ1n) is 6.76. The third-order valence-electron chi connectivity index (χ3n) is 2.74. The molecule has 3 nitrogen and oxygen atoms in total. The number of nitrogens with two attached hydrogens (primary N) is 1. The first kappa shape index (κ1) is 17.1. The molecule has 0 heterocycles. The Bertz CT molecular complexity index is 477. The molecule has 5 heteroatoms. The minimum absolute atomic E-state index is 0.119. The average molecular weight is 317 g/mol. The molecule has 1 amide bonds. The van der Waals surface area contributed by atoms with Gasteiger partial charge < -0.3 is 10.6 Å². The Labute approximate surface area is 131 Å². The van der Waals surface area contributed by atoms with Gasteiger partial charge in [-0.25, -0.2) is 0 Å². The van der Waals surface area contributed by atoms with Crippen LogP contribution in [-0.2, 0) is 0 Å². The molecule has 1 aromatic carbocycles. The lowest BCUT2D eigenvalue weighted by atomic mass is 10.1. The van der Waals surface area contributed by atoms with Gasteiger partial charge in [0, 0.05) is 18.8 Å². The summed E-state index contributed by atoms with van der Waals surface area (Å²) in [5.74, 6) is 0.646. The summed E-state index contributed by atoms with van der Waals surface area (Å²) in [5, 5.41) is 0.576. The van der Waals surface area contributed by atoms with Gasteiger partial charge in [-0.05, 0) is 24.0 Å². The largest absolute Gasteiger partial charge is 0.399 e. The first-order valence-corrected chi connectivity index (χ1v) is 7.51. The van der Waals surface area contributed by atoms with Gasteiger partial charge in [0.15, 0.2) is 0 Å². The van der Waals surface area contributed by atoms with Gasteiger partial charge in [0.25, 0.3) is 5.91 Å². The summed E-state index contributed by atoms with van der Waals surface area (Å²) < 4.78 is 0. The van der Waals surface area contributed by atoms with Crippen molar-refractivity contribution in [1.82, 2.24) is 4.90 Å². The number of rotatable bonds is 5. The van der Waals surface area contributed by atoms with E-state index in [0.29, 0.717) is 41.2 Å². The van der Waals surface area contributed by atoms with Crippen LogP contribution in [-0.4, -0.2) is 23.9 Å². The quantitative estimate of drug-likeness (QED) is 0.822. The molecule has 1 rings (SSSR count). The number of halogens is 2. The fraction of sp³-hybridized carbons (Fsp3) is 0.533. The Morgan fingerprint density at radius 2 is 1.65 bits per heavy atom. The van der Waals surface area contributed by atoms with Crippen LogP contribution in [0.5, 0.6) is 0 Å². The van der Waals surface area contributed by atoms with E-state index in [1.807, 2.05) is 4.90 Å². The van der Waals surface area contributed by atoms with Crippen molar-refractivity contribution < 1.29 is 4.79 Å². The van der Waals surface area contributed by atoms with Crippen LogP contribution in [0, 0.1) is 11.8 Å². The number of nitrogen functional groups attached to an aromatic ring is 1. The van der Waals surface area contributed by atoms with E-state index in [0.717, 1.165) is 0 Å². The summed E-state index contributed by atoms with van der Waals surface area (Å²) in [6.07, 6.45) is 0. The van der Waals surface area contributed by atoms with Crippen LogP contribution >= 0.6 is 23.2 Å². The lowest BCUT2D eigenvalue weighted by molar-refractivity contribution is 0.0715. The smallest absolute Gasteiger partial charge is 0.255 e. The Hall–Kier alpha value is -0.930. The number of anilines is 1. The topological polar surface area (TPSA) is 46.3 Å². The van der Waals surface area contributed by atoms with Gasteiger partial charge >= 0.3 is 0 Å². The average Bonchev–Trinajstić information content (AvgIpc) is 2.30. The zero-order chi connectivity index (χ0) is 15.4. The Morgan fingerprint density at radius 1 is 1.15 bits per heavy atom. The summed E-state index contributed by atoms with van der Waals surface area (Å²) in [6.45, 7) is 9.67. The van der Waals surface area contributed by atoms with Crippen LogP contribution in [0.25, 0.3) is 0 Å². The molecule has 0 bridgehead atoms. The second-order valence-corrected chi connectivity index (χ2v) is 6.65. The van der Waals surface area contributed by atoms with E-state index < -0.39 is 0 Å². The number of amides is 1. The molecule has 0 unspecified atom stereocenters. The zero-order valence-corrected chi connectivity index (χ0v) is 13.9. The highest BCUT2D eigenvalue weighted by Gasteiger charge is 2.22. The van der Waals surface area contributed by atoms with Gasteiger partial charge in [0.05, 0.1) is 15.6 Å². The fourth-order valence-electron chi connectivity index (χ4n) is 2.06. The van der Waals surface area contributed by atoms with Crippen molar-refractivity contribution in [3.05, 3.63) is 27.7 Å². The Morgan fingerprint density at radius 3 is 2.10 bits per heavy atom. The summed E-state index contributed by atoms with van der Waals surface area (Å²) in [7, 11) is 0. The van der Waals surface area contributed by atoms with Gasteiger partial charge in [-0.2, -0.15) is 0 Å². The van der Waals surface area contributed by atoms with Gasteiger partial charge in [-0.3, -0.25) is 4.79 Å². The van der Waals surface area contributed by atoms with Gasteiger partial charge in [0.1, 0.15) is 0 Å². The Kier molecular flexibility index (Phi) is 6.15. The molecule has 0 fully saturated rings. The standard InChI is InChI=1S/C15H22Cl2N2O/c1-9(2)7-19(8-10(3)4)15(20)12-5-11(18)6-13(16)14(12)17/h5-6,9-10H,7-8,18H2,1-4H3. The van der Waals surface area contributed by atoms with E-state index in [1.165, 1.54) is 0 Å². The second kappa shape index (κ2) is 7.19. The van der Waals surface area contributed by atoms with E-state index in [1.54, 1.807) is 12.1 Å². The number of hydrogen-bond acceptors (Lipinski definition) is 2. The Balaban J connectivity index is 3.11. The van der Waals surface area contributed by atoms with Crippen molar-refractivity contribution in [2.75, 3.05) is 18.8 Å². The molecular formula is C15H22Cl2N2O. The highest BCUT2D eigenvalue weighted by molar-refractivity contribution is 6.44. The van der Waals surface area contributed by atoms with Crippen LogP contribution in [0.2, 0.25) is 10.0 Å². The molecule has 1 aromatic rings. The molecule has 2 N–H and O–H groups in total. The van der Waals surface area contributed by atoms with E-state index in [-0.39, 0.29) is 10.9 Å². The summed E-state index contributed by atoms with van der Waals surface area (Å²) in [5.41, 5.74) is 6.57. The van der Waals surface area contributed by atoms with E-state index in [9.17, 15) is 4.79 Å². The molecule has 0 aliphatic heterocycles. The summed E-state index contributed by atoms with van der Waals surface area (Å²) in [6, 6.07) is 3.14. The zero-order valence-electron chi connectivity index (χ0n) is 12.4. The second-order valence-electron chi connectivity index (χ2n) is 5.86. The molecule has 0 saturated carbocycles. The van der Waals surface area contributed by atoms with Gasteiger partial charge in [-0.1, -0.05) is 50.9 Å². The number of carbonyl (C=O) groups is 1. The molecule has 0 atom stereocenters. The molecule has 0 aromatic heterocycles. The van der Waals surface area contributed by atoms with Crippen molar-refractivity contribution in [2.24, 2.45) is 11.8 Å². The highest BCUT2D eigenvalue weighted by Crippen LogP contribution is 2.30. The van der Waals surface area contributed by atoms with Crippen LogP contribution in [0.4, 0.5) is 5.69 Å². The van der Waals surface area contributed by atoms with Crippen molar-refractivity contribution >= 4 is 34.8 Å². The van der Waals surface area contributed by atoms with Crippen LogP contribution in [0.3, 0.4) is 0 Å². The maximum atomic E-state index is 12.7. The maximum Gasteiger partial charge on any atom is 0.255 e. The number of carbonyl (C=O) groups excluding carboxylic acids is 1. The highest BCUT2D eigenvalue weighted by atomic mass is 35.5. The normalized spacial score (nSPS) is 11.2. The monoisotopic (exact) mass is 316 g/mol. The molecule has 0 aliphatic carbocycles. The van der Waals surface area contributed by atoms with Gasteiger partial charge in [-0.15, -0.1) is 0 Å². The molecule has 0 aliphatic rings. The fourth-order valence-corrected chi connectivity index (χ4v) is 2.48. The number of nitrogens with zero attached hydrogens (tertiary/aromatic N) is 1. The predicted molar refractivity (Wildman–Crippen MR) is 86.5 cm³/mol. The van der Waals surface area contributed by atoms with Crippen molar-refractivity contribution in [3.8, 4) is 0 Å². The lowest BCUT2D eigenvalue weighted by Gasteiger charge is -2.27. The predicted octanol–water partition coefficient (Wildman–Crippen LogP) is 4.33. The SMILES string of the molecule is CC(C)CN(CC(C)C)C(=O)c1cc(N)cc(Cl)c1Cl. The molecule has 0 radical (unpaired) electrons. The lowest BCUT2D eigenvalue weighted by Crippen LogP contribution is -2.37. The third-order valence-corrected chi connectivity index (χ3v) is 3.54. The van der Waals surface area contributed by atoms with Crippen molar-refractivity contribution in [1.29, 1.82) is 0 Å². The van der Waals surface area contributed by atoms with E-state index in [4.69, 9.17) is 28.9 Å². The van der Waals surface area contributed by atoms with Crippen molar-refractivity contribution in [3.63, 3.8) is 0 Å². The number of benzene rings is 1.